The fraction of sp³-hybridized carbons (Fsp3) is 0.455. The van der Waals surface area contributed by atoms with Crippen LogP contribution >= 0.6 is 0 Å². The van der Waals surface area contributed by atoms with Gasteiger partial charge in [0.2, 0.25) is 0 Å². The van der Waals surface area contributed by atoms with E-state index in [4.69, 9.17) is 10.3 Å². The van der Waals surface area contributed by atoms with Gasteiger partial charge in [-0.05, 0) is 37.3 Å². The molecule has 78 valence electrons. The van der Waals surface area contributed by atoms with Crippen LogP contribution in [-0.4, -0.2) is 10.1 Å². The van der Waals surface area contributed by atoms with E-state index in [2.05, 4.69) is 16.2 Å². The summed E-state index contributed by atoms with van der Waals surface area (Å²) in [6, 6.07) is 2.09. The third kappa shape index (κ3) is 1.37. The molecule has 0 aromatic carbocycles. The van der Waals surface area contributed by atoms with Gasteiger partial charge in [0.15, 0.2) is 5.82 Å². The number of hydrogen-bond donors (Lipinski definition) is 1. The average molecular weight is 203 g/mol. The first-order chi connectivity index (χ1) is 7.34. The lowest BCUT2D eigenvalue weighted by molar-refractivity contribution is 0.451. The van der Waals surface area contributed by atoms with E-state index in [0.717, 1.165) is 23.9 Å². The van der Waals surface area contributed by atoms with Crippen LogP contribution in [0.1, 0.15) is 30.5 Å². The van der Waals surface area contributed by atoms with E-state index < -0.39 is 0 Å². The summed E-state index contributed by atoms with van der Waals surface area (Å²) in [6.45, 7) is 0. The molecule has 1 aliphatic rings. The van der Waals surface area contributed by atoms with Crippen molar-refractivity contribution in [1.29, 1.82) is 0 Å². The molecule has 4 heteroatoms. The maximum atomic E-state index is 5.70. The first-order valence-electron chi connectivity index (χ1n) is 5.38. The summed E-state index contributed by atoms with van der Waals surface area (Å²) in [5, 5.41) is 4.59. The molecule has 0 spiro atoms. The third-order valence-corrected chi connectivity index (χ3v) is 3.02. The number of fused-ring (bicyclic) bond motifs is 2. The van der Waals surface area contributed by atoms with Crippen molar-refractivity contribution in [2.24, 2.45) is 0 Å². The number of hydrogen-bond acceptors (Lipinski definition) is 4. The number of nitrogen functional groups attached to an aromatic ring is 1. The van der Waals surface area contributed by atoms with Crippen LogP contribution in [0, 0.1) is 0 Å². The Labute approximate surface area is 87.5 Å². The highest BCUT2D eigenvalue weighted by Crippen LogP contribution is 2.25. The first-order valence-corrected chi connectivity index (χ1v) is 5.38. The largest absolute Gasteiger partial charge is 0.380 e. The molecular weight excluding hydrogens is 190 g/mol. The van der Waals surface area contributed by atoms with Crippen LogP contribution in [0.15, 0.2) is 10.6 Å². The SMILES string of the molecule is Nc1noc2nc3c(cc12)CCCCC3. The Balaban J connectivity index is 2.22. The molecule has 0 saturated heterocycles. The molecule has 3 rings (SSSR count). The molecule has 2 N–H and O–H groups in total. The highest BCUT2D eigenvalue weighted by Gasteiger charge is 2.14. The summed E-state index contributed by atoms with van der Waals surface area (Å²) < 4.78 is 5.07. The van der Waals surface area contributed by atoms with Gasteiger partial charge in [0.1, 0.15) is 0 Å². The van der Waals surface area contributed by atoms with Crippen molar-refractivity contribution in [3.63, 3.8) is 0 Å². The average Bonchev–Trinajstić information content (AvgIpc) is 2.49. The minimum Gasteiger partial charge on any atom is -0.380 e. The zero-order valence-corrected chi connectivity index (χ0v) is 8.49. The predicted octanol–water partition coefficient (Wildman–Crippen LogP) is 2.07. The van der Waals surface area contributed by atoms with Crippen LogP contribution in [0.3, 0.4) is 0 Å². The first kappa shape index (κ1) is 8.71. The summed E-state index contributed by atoms with van der Waals surface area (Å²) in [5.74, 6) is 0.449. The van der Waals surface area contributed by atoms with Crippen LogP contribution in [0.4, 0.5) is 5.82 Å². The molecule has 0 amide bonds. The molecular formula is C11H13N3O. The van der Waals surface area contributed by atoms with Gasteiger partial charge in [-0.2, -0.15) is 0 Å². The number of anilines is 1. The van der Waals surface area contributed by atoms with Crippen LogP contribution < -0.4 is 5.73 Å². The maximum Gasteiger partial charge on any atom is 0.260 e. The maximum absolute atomic E-state index is 5.70. The fourth-order valence-corrected chi connectivity index (χ4v) is 2.19. The monoisotopic (exact) mass is 203 g/mol. The third-order valence-electron chi connectivity index (χ3n) is 3.02. The molecule has 2 aromatic rings. The standard InChI is InChI=1S/C11H13N3O/c12-10-8-6-7-4-2-1-3-5-9(7)13-11(8)15-14-10/h6H,1-5H2,(H2,12,14). The van der Waals surface area contributed by atoms with E-state index in [0.29, 0.717) is 11.5 Å². The summed E-state index contributed by atoms with van der Waals surface area (Å²) in [5.41, 5.74) is 8.76. The number of pyridine rings is 1. The van der Waals surface area contributed by atoms with Gasteiger partial charge in [-0.25, -0.2) is 4.98 Å². The second-order valence-corrected chi connectivity index (χ2v) is 4.08. The quantitative estimate of drug-likeness (QED) is 0.666. The van der Waals surface area contributed by atoms with Crippen LogP contribution in [0.2, 0.25) is 0 Å². The predicted molar refractivity (Wildman–Crippen MR) is 57.5 cm³/mol. The van der Waals surface area contributed by atoms with Crippen molar-refractivity contribution in [1.82, 2.24) is 10.1 Å². The Hall–Kier alpha value is -1.58. The van der Waals surface area contributed by atoms with Gasteiger partial charge in [-0.1, -0.05) is 11.6 Å². The minimum absolute atomic E-state index is 0.449. The topological polar surface area (TPSA) is 64.9 Å². The number of aromatic nitrogens is 2. The highest BCUT2D eigenvalue weighted by molar-refractivity contribution is 5.84. The fourth-order valence-electron chi connectivity index (χ4n) is 2.19. The smallest absolute Gasteiger partial charge is 0.260 e. The lowest BCUT2D eigenvalue weighted by Gasteiger charge is -2.02. The lowest BCUT2D eigenvalue weighted by atomic mass is 10.1. The molecule has 0 atom stereocenters. The molecule has 0 unspecified atom stereocenters. The molecule has 0 saturated carbocycles. The number of nitrogens with zero attached hydrogens (tertiary/aromatic N) is 2. The molecule has 15 heavy (non-hydrogen) atoms. The van der Waals surface area contributed by atoms with Gasteiger partial charge in [0.05, 0.1) is 5.39 Å². The molecule has 2 heterocycles. The van der Waals surface area contributed by atoms with Crippen LogP contribution in [-0.2, 0) is 12.8 Å². The van der Waals surface area contributed by atoms with E-state index in [1.807, 2.05) is 0 Å². The van der Waals surface area contributed by atoms with E-state index in [-0.39, 0.29) is 0 Å². The van der Waals surface area contributed by atoms with Crippen molar-refractivity contribution >= 4 is 16.9 Å². The van der Waals surface area contributed by atoms with Crippen molar-refractivity contribution in [3.8, 4) is 0 Å². The molecule has 0 bridgehead atoms. The van der Waals surface area contributed by atoms with Gasteiger partial charge in [0.25, 0.3) is 5.71 Å². The van der Waals surface area contributed by atoms with Crippen molar-refractivity contribution in [3.05, 3.63) is 17.3 Å². The van der Waals surface area contributed by atoms with Crippen molar-refractivity contribution in [2.45, 2.75) is 32.1 Å². The van der Waals surface area contributed by atoms with Crippen molar-refractivity contribution < 1.29 is 4.52 Å². The van der Waals surface area contributed by atoms with E-state index >= 15 is 0 Å². The minimum atomic E-state index is 0.449. The molecule has 4 nitrogen and oxygen atoms in total. The molecule has 2 aromatic heterocycles. The van der Waals surface area contributed by atoms with Gasteiger partial charge >= 0.3 is 0 Å². The Morgan fingerprint density at radius 3 is 3.00 bits per heavy atom. The summed E-state index contributed by atoms with van der Waals surface area (Å²) in [4.78, 5) is 4.49. The molecule has 1 aliphatic carbocycles. The Kier molecular flexibility index (Phi) is 1.87. The molecule has 0 radical (unpaired) electrons. The normalized spacial score (nSPS) is 16.3. The van der Waals surface area contributed by atoms with E-state index in [1.54, 1.807) is 0 Å². The zero-order chi connectivity index (χ0) is 10.3. The second-order valence-electron chi connectivity index (χ2n) is 4.08. The van der Waals surface area contributed by atoms with Crippen molar-refractivity contribution in [2.75, 3.05) is 5.73 Å². The van der Waals surface area contributed by atoms with Gasteiger partial charge in [-0.15, -0.1) is 0 Å². The summed E-state index contributed by atoms with van der Waals surface area (Å²) in [6.07, 6.45) is 5.89. The Bertz CT molecular complexity index is 504. The highest BCUT2D eigenvalue weighted by atomic mass is 16.5. The van der Waals surface area contributed by atoms with Crippen LogP contribution in [0.25, 0.3) is 11.1 Å². The molecule has 0 aliphatic heterocycles. The number of rotatable bonds is 0. The van der Waals surface area contributed by atoms with Gasteiger partial charge < -0.3 is 10.3 Å². The zero-order valence-electron chi connectivity index (χ0n) is 8.49. The lowest BCUT2D eigenvalue weighted by Crippen LogP contribution is -1.95. The van der Waals surface area contributed by atoms with Crippen LogP contribution in [0.5, 0.6) is 0 Å². The molecule has 0 fully saturated rings. The Morgan fingerprint density at radius 1 is 1.20 bits per heavy atom. The number of aryl methyl sites for hydroxylation is 2. The second kappa shape index (κ2) is 3.22. The Morgan fingerprint density at radius 2 is 2.07 bits per heavy atom. The number of nitrogens with two attached hydrogens (primary N) is 1. The summed E-state index contributed by atoms with van der Waals surface area (Å²) in [7, 11) is 0. The van der Waals surface area contributed by atoms with Gasteiger partial charge in [-0.3, -0.25) is 0 Å². The summed E-state index contributed by atoms with van der Waals surface area (Å²) >= 11 is 0. The van der Waals surface area contributed by atoms with Gasteiger partial charge in [0, 0.05) is 5.69 Å². The van der Waals surface area contributed by atoms with E-state index in [1.165, 1.54) is 24.8 Å². The van der Waals surface area contributed by atoms with E-state index in [9.17, 15) is 0 Å².